The van der Waals surface area contributed by atoms with Crippen molar-refractivity contribution in [2.24, 2.45) is 0 Å². The largest absolute Gasteiger partial charge is 0.460 e. The quantitative estimate of drug-likeness (QED) is 0.517. The van der Waals surface area contributed by atoms with E-state index in [1.165, 1.54) is 31.7 Å². The van der Waals surface area contributed by atoms with Crippen LogP contribution < -0.4 is 10.2 Å². The first kappa shape index (κ1) is 22.7. The molecule has 180 valence electrons. The van der Waals surface area contributed by atoms with Crippen molar-refractivity contribution in [3.8, 4) is 11.3 Å². The molecule has 2 saturated heterocycles. The third-order valence-corrected chi connectivity index (χ3v) is 6.38. The maximum Gasteiger partial charge on any atom is 0.416 e. The second-order valence-corrected chi connectivity index (χ2v) is 9.02. The molecule has 0 atom stereocenters. The SMILES string of the molecule is FC(F)(F)c1cccc(-c2ccc(CN3CC(Nc4nccc(N5CCCCCC5)n4)C3)o2)c1. The van der Waals surface area contributed by atoms with Crippen LogP contribution in [0.1, 0.15) is 37.0 Å². The first-order valence-electron chi connectivity index (χ1n) is 11.8. The smallest absolute Gasteiger partial charge is 0.416 e. The van der Waals surface area contributed by atoms with Gasteiger partial charge in [-0.25, -0.2) is 4.98 Å². The summed E-state index contributed by atoms with van der Waals surface area (Å²) in [6, 6.07) is 11.0. The second-order valence-electron chi connectivity index (χ2n) is 9.02. The molecule has 1 N–H and O–H groups in total. The number of aromatic nitrogens is 2. The minimum absolute atomic E-state index is 0.247. The van der Waals surface area contributed by atoms with Crippen LogP contribution in [0.2, 0.25) is 0 Å². The first-order chi connectivity index (χ1) is 16.4. The van der Waals surface area contributed by atoms with Crippen LogP contribution >= 0.6 is 0 Å². The third-order valence-electron chi connectivity index (χ3n) is 6.38. The zero-order valence-corrected chi connectivity index (χ0v) is 18.9. The minimum Gasteiger partial charge on any atom is -0.460 e. The zero-order valence-electron chi connectivity index (χ0n) is 18.9. The molecule has 0 bridgehead atoms. The molecule has 0 unspecified atom stereocenters. The molecule has 1 aromatic carbocycles. The number of alkyl halides is 3. The highest BCUT2D eigenvalue weighted by Crippen LogP contribution is 2.33. The van der Waals surface area contributed by atoms with Crippen LogP contribution in [-0.2, 0) is 12.7 Å². The lowest BCUT2D eigenvalue weighted by Gasteiger charge is -2.39. The molecule has 6 nitrogen and oxygen atoms in total. The summed E-state index contributed by atoms with van der Waals surface area (Å²) in [5.41, 5.74) is -0.257. The summed E-state index contributed by atoms with van der Waals surface area (Å²) in [5, 5.41) is 3.41. The van der Waals surface area contributed by atoms with Crippen molar-refractivity contribution in [1.82, 2.24) is 14.9 Å². The molecule has 4 heterocycles. The van der Waals surface area contributed by atoms with E-state index in [-0.39, 0.29) is 6.04 Å². The van der Waals surface area contributed by atoms with Gasteiger partial charge in [-0.05, 0) is 43.2 Å². The standard InChI is InChI=1S/C25H28F3N5O/c26-25(27,28)19-7-5-6-18(14-19)22-9-8-21(34-22)17-32-15-20(16-32)30-24-29-11-10-23(31-24)33-12-3-1-2-4-13-33/h5-11,14,20H,1-4,12-13,15-17H2,(H,29,30,31). The Morgan fingerprint density at radius 3 is 2.56 bits per heavy atom. The Morgan fingerprint density at radius 2 is 1.79 bits per heavy atom. The van der Waals surface area contributed by atoms with Crippen LogP contribution in [-0.4, -0.2) is 47.1 Å². The molecule has 9 heteroatoms. The van der Waals surface area contributed by atoms with Gasteiger partial charge < -0.3 is 14.6 Å². The minimum atomic E-state index is -4.37. The molecule has 0 saturated carbocycles. The number of benzene rings is 1. The van der Waals surface area contributed by atoms with Crippen molar-refractivity contribution in [2.45, 2.75) is 44.4 Å². The second kappa shape index (κ2) is 9.66. The molecule has 2 aliphatic heterocycles. The molecular weight excluding hydrogens is 443 g/mol. The summed E-state index contributed by atoms with van der Waals surface area (Å²) in [6.07, 6.45) is 2.40. The van der Waals surface area contributed by atoms with Gasteiger partial charge in [-0.15, -0.1) is 0 Å². The van der Waals surface area contributed by atoms with E-state index in [2.05, 4.69) is 20.1 Å². The molecule has 2 aliphatic rings. The highest BCUT2D eigenvalue weighted by atomic mass is 19.4. The van der Waals surface area contributed by atoms with Crippen molar-refractivity contribution in [2.75, 3.05) is 36.4 Å². The molecule has 0 amide bonds. The van der Waals surface area contributed by atoms with Crippen LogP contribution in [0, 0.1) is 0 Å². The Labute approximate surface area is 196 Å². The lowest BCUT2D eigenvalue weighted by Crippen LogP contribution is -2.54. The predicted molar refractivity (Wildman–Crippen MR) is 125 cm³/mol. The number of hydrogen-bond acceptors (Lipinski definition) is 6. The van der Waals surface area contributed by atoms with E-state index in [1.54, 1.807) is 12.1 Å². The van der Waals surface area contributed by atoms with E-state index in [1.807, 2.05) is 18.3 Å². The van der Waals surface area contributed by atoms with Gasteiger partial charge in [-0.3, -0.25) is 4.90 Å². The Morgan fingerprint density at radius 1 is 1.00 bits per heavy atom. The number of likely N-dealkylation sites (tertiary alicyclic amines) is 1. The van der Waals surface area contributed by atoms with E-state index in [4.69, 9.17) is 9.40 Å². The van der Waals surface area contributed by atoms with Crippen molar-refractivity contribution in [3.05, 3.63) is 60.0 Å². The van der Waals surface area contributed by atoms with Crippen LogP contribution in [0.15, 0.2) is 53.1 Å². The monoisotopic (exact) mass is 471 g/mol. The maximum atomic E-state index is 13.0. The van der Waals surface area contributed by atoms with Crippen molar-refractivity contribution in [1.29, 1.82) is 0 Å². The summed E-state index contributed by atoms with van der Waals surface area (Å²) in [6.45, 7) is 4.32. The van der Waals surface area contributed by atoms with E-state index in [0.29, 0.717) is 23.8 Å². The number of rotatable bonds is 6. The lowest BCUT2D eigenvalue weighted by atomic mass is 10.1. The number of nitrogens with one attached hydrogen (secondary N) is 1. The number of halogens is 3. The molecule has 0 radical (unpaired) electrons. The molecule has 34 heavy (non-hydrogen) atoms. The van der Waals surface area contributed by atoms with Gasteiger partial charge >= 0.3 is 6.18 Å². The number of hydrogen-bond donors (Lipinski definition) is 1. The third kappa shape index (κ3) is 5.35. The average molecular weight is 472 g/mol. The Kier molecular flexibility index (Phi) is 6.45. The van der Waals surface area contributed by atoms with Crippen LogP contribution in [0.25, 0.3) is 11.3 Å². The van der Waals surface area contributed by atoms with Crippen LogP contribution in [0.5, 0.6) is 0 Å². The molecule has 5 rings (SSSR count). The van der Waals surface area contributed by atoms with Gasteiger partial charge in [-0.1, -0.05) is 25.0 Å². The molecular formula is C25H28F3N5O. The zero-order chi connectivity index (χ0) is 23.5. The van der Waals surface area contributed by atoms with Gasteiger partial charge in [0.15, 0.2) is 0 Å². The van der Waals surface area contributed by atoms with Crippen LogP contribution in [0.3, 0.4) is 0 Å². The summed E-state index contributed by atoms with van der Waals surface area (Å²) < 4.78 is 44.8. The molecule has 0 aliphatic carbocycles. The topological polar surface area (TPSA) is 57.4 Å². The summed E-state index contributed by atoms with van der Waals surface area (Å²) in [4.78, 5) is 13.7. The summed E-state index contributed by atoms with van der Waals surface area (Å²) in [5.74, 6) is 2.80. The summed E-state index contributed by atoms with van der Waals surface area (Å²) in [7, 11) is 0. The molecule has 3 aromatic rings. The Hall–Kier alpha value is -3.07. The maximum absolute atomic E-state index is 13.0. The Bertz CT molecular complexity index is 1100. The van der Waals surface area contributed by atoms with Gasteiger partial charge in [0.2, 0.25) is 5.95 Å². The molecule has 0 spiro atoms. The molecule has 2 fully saturated rings. The van der Waals surface area contributed by atoms with Crippen molar-refractivity contribution < 1.29 is 17.6 Å². The van der Waals surface area contributed by atoms with Crippen molar-refractivity contribution >= 4 is 11.8 Å². The number of furan rings is 1. The fourth-order valence-corrected chi connectivity index (χ4v) is 4.55. The fraction of sp³-hybridized carbons (Fsp3) is 0.440. The number of nitrogens with zero attached hydrogens (tertiary/aromatic N) is 4. The first-order valence-corrected chi connectivity index (χ1v) is 11.8. The number of anilines is 2. The van der Waals surface area contributed by atoms with E-state index in [0.717, 1.165) is 49.9 Å². The van der Waals surface area contributed by atoms with E-state index >= 15 is 0 Å². The van der Waals surface area contributed by atoms with E-state index < -0.39 is 11.7 Å². The van der Waals surface area contributed by atoms with Gasteiger partial charge in [-0.2, -0.15) is 18.2 Å². The van der Waals surface area contributed by atoms with E-state index in [9.17, 15) is 13.2 Å². The van der Waals surface area contributed by atoms with Gasteiger partial charge in [0.05, 0.1) is 18.2 Å². The van der Waals surface area contributed by atoms with Gasteiger partial charge in [0.1, 0.15) is 17.3 Å². The van der Waals surface area contributed by atoms with Gasteiger partial charge in [0.25, 0.3) is 0 Å². The normalized spacial score (nSPS) is 17.9. The van der Waals surface area contributed by atoms with Crippen molar-refractivity contribution in [3.63, 3.8) is 0 Å². The predicted octanol–water partition coefficient (Wildman–Crippen LogP) is 5.43. The fourth-order valence-electron chi connectivity index (χ4n) is 4.55. The highest BCUT2D eigenvalue weighted by Gasteiger charge is 2.31. The lowest BCUT2D eigenvalue weighted by molar-refractivity contribution is -0.137. The summed E-state index contributed by atoms with van der Waals surface area (Å²) >= 11 is 0. The molecule has 2 aromatic heterocycles. The highest BCUT2D eigenvalue weighted by molar-refractivity contribution is 5.59. The van der Waals surface area contributed by atoms with Gasteiger partial charge in [0, 0.05) is 37.9 Å². The Balaban J connectivity index is 1.14. The average Bonchev–Trinajstić information content (AvgIpc) is 3.10. The van der Waals surface area contributed by atoms with Crippen LogP contribution in [0.4, 0.5) is 24.9 Å².